The van der Waals surface area contributed by atoms with Gasteiger partial charge in [-0.15, -0.1) is 0 Å². The number of amides is 3. The molecule has 1 rings (SSSR count). The summed E-state index contributed by atoms with van der Waals surface area (Å²) >= 11 is 0. The van der Waals surface area contributed by atoms with Crippen LogP contribution in [0.2, 0.25) is 0 Å². The summed E-state index contributed by atoms with van der Waals surface area (Å²) in [5.74, 6) is -0.233. The number of rotatable bonds is 6. The largest absolute Gasteiger partial charge is 0.326 e. The van der Waals surface area contributed by atoms with Crippen molar-refractivity contribution >= 4 is 40.9 Å². The van der Waals surface area contributed by atoms with Crippen molar-refractivity contribution in [3.05, 3.63) is 0 Å². The van der Waals surface area contributed by atoms with E-state index in [0.29, 0.717) is 29.5 Å². The number of nitrogens with one attached hydrogen (secondary N) is 2. The molecule has 0 atom stereocenters. The smallest absolute Gasteiger partial charge is 0.315 e. The van der Waals surface area contributed by atoms with Gasteiger partial charge in [-0.05, 0) is 6.54 Å². The monoisotopic (exact) mass is 259 g/mol. The summed E-state index contributed by atoms with van der Waals surface area (Å²) in [6.45, 7) is 3.77. The third kappa shape index (κ3) is 2.32. The summed E-state index contributed by atoms with van der Waals surface area (Å²) in [5, 5.41) is 4.78. The molecule has 0 radical (unpaired) electrons. The van der Waals surface area contributed by atoms with Crippen LogP contribution in [0.15, 0.2) is 0 Å². The molecule has 0 saturated carbocycles. The first-order chi connectivity index (χ1) is 7.61. The summed E-state index contributed by atoms with van der Waals surface area (Å²) < 4.78 is 0. The molecule has 0 spiro atoms. The van der Waals surface area contributed by atoms with Gasteiger partial charge in [-0.2, -0.15) is 0 Å². The van der Waals surface area contributed by atoms with Crippen molar-refractivity contribution in [2.75, 3.05) is 19.6 Å². The molecule has 1 aliphatic rings. The second-order valence-electron chi connectivity index (χ2n) is 3.23. The Hall–Kier alpha value is -0.760. The van der Waals surface area contributed by atoms with Crippen LogP contribution in [-0.4, -0.2) is 54.1 Å². The van der Waals surface area contributed by atoms with Crippen molar-refractivity contribution in [1.29, 1.82) is 0 Å². The van der Waals surface area contributed by atoms with Crippen molar-refractivity contribution in [1.82, 2.24) is 15.5 Å². The van der Waals surface area contributed by atoms with Crippen LogP contribution >= 0.6 is 16.4 Å². The lowest BCUT2D eigenvalue weighted by Crippen LogP contribution is -2.38. The van der Waals surface area contributed by atoms with Crippen molar-refractivity contribution < 1.29 is 9.59 Å². The molecule has 88 valence electrons. The standard InChI is InChI=1S/C9H15N3O2P2/c1-4-10-5-6-12-7(13)9(15-2,16-3)11-8(12)14/h10H,2-6H2,1H3,(H,11,14). The quantitative estimate of drug-likeness (QED) is 0.416. The molecule has 7 heteroatoms. The summed E-state index contributed by atoms with van der Waals surface area (Å²) in [5.41, 5.74) is 0. The number of hydrogen-bond donors (Lipinski definition) is 2. The lowest BCUT2D eigenvalue weighted by molar-refractivity contribution is -0.126. The Kier molecular flexibility index (Phi) is 4.60. The Balaban J connectivity index is 2.74. The Morgan fingerprint density at radius 3 is 2.50 bits per heavy atom. The maximum atomic E-state index is 12.0. The van der Waals surface area contributed by atoms with E-state index in [-0.39, 0.29) is 11.9 Å². The predicted octanol–water partition coefficient (Wildman–Crippen LogP) is 0.558. The average Bonchev–Trinajstić information content (AvgIpc) is 2.53. The maximum Gasteiger partial charge on any atom is 0.326 e. The van der Waals surface area contributed by atoms with Crippen molar-refractivity contribution in [3.8, 4) is 0 Å². The SMILES string of the molecule is C=PC1(P=C)NC(=O)N(CCNCC)C1=O. The molecule has 5 nitrogen and oxygen atoms in total. The number of urea groups is 1. The van der Waals surface area contributed by atoms with E-state index in [1.54, 1.807) is 0 Å². The number of likely N-dealkylation sites (N-methyl/N-ethyl adjacent to an activating group) is 1. The Bertz CT molecular complexity index is 325. The zero-order valence-corrected chi connectivity index (χ0v) is 11.0. The Morgan fingerprint density at radius 2 is 2.06 bits per heavy atom. The van der Waals surface area contributed by atoms with Crippen LogP contribution in [0, 0.1) is 0 Å². The molecule has 16 heavy (non-hydrogen) atoms. The van der Waals surface area contributed by atoms with Crippen LogP contribution in [0.1, 0.15) is 6.92 Å². The first kappa shape index (κ1) is 13.3. The summed E-state index contributed by atoms with van der Waals surface area (Å²) in [4.78, 5) is 24.9. The van der Waals surface area contributed by atoms with E-state index in [4.69, 9.17) is 0 Å². The highest BCUT2D eigenvalue weighted by Crippen LogP contribution is 2.37. The first-order valence-electron chi connectivity index (χ1n) is 4.92. The topological polar surface area (TPSA) is 61.4 Å². The van der Waals surface area contributed by atoms with Crippen LogP contribution in [0.3, 0.4) is 0 Å². The molecule has 0 aromatic carbocycles. The molecule has 0 unspecified atom stereocenters. The Labute approximate surface area is 98.2 Å². The highest BCUT2D eigenvalue weighted by atomic mass is 31.1. The van der Waals surface area contributed by atoms with Crippen LogP contribution in [-0.2, 0) is 4.79 Å². The summed E-state index contributed by atoms with van der Waals surface area (Å²) in [7, 11) is 1.14. The fourth-order valence-electron chi connectivity index (χ4n) is 1.39. The number of hydrogen-bond acceptors (Lipinski definition) is 3. The van der Waals surface area contributed by atoms with E-state index < -0.39 is 5.02 Å². The van der Waals surface area contributed by atoms with Gasteiger partial charge in [0.1, 0.15) is 0 Å². The molecule has 0 aliphatic carbocycles. The van der Waals surface area contributed by atoms with E-state index in [9.17, 15) is 9.59 Å². The van der Waals surface area contributed by atoms with Gasteiger partial charge in [0.2, 0.25) is 5.02 Å². The first-order valence-corrected chi connectivity index (χ1v) is 7.07. The van der Waals surface area contributed by atoms with Crippen LogP contribution in [0.25, 0.3) is 0 Å². The fourth-order valence-corrected chi connectivity index (χ4v) is 2.65. The Morgan fingerprint density at radius 1 is 1.44 bits per heavy atom. The van der Waals surface area contributed by atoms with Crippen molar-refractivity contribution in [3.63, 3.8) is 0 Å². The molecule has 3 amide bonds. The zero-order valence-electron chi connectivity index (χ0n) is 9.19. The highest BCUT2D eigenvalue weighted by molar-refractivity contribution is 7.59. The van der Waals surface area contributed by atoms with E-state index in [1.165, 1.54) is 4.90 Å². The minimum Gasteiger partial charge on any atom is -0.315 e. The number of carbonyl (C=O) groups is 2. The molecule has 1 aliphatic heterocycles. The number of carbonyl (C=O) groups excluding carboxylic acids is 2. The minimum absolute atomic E-state index is 0.233. The molecule has 1 heterocycles. The normalized spacial score (nSPS) is 25.4. The van der Waals surface area contributed by atoms with Gasteiger partial charge in [0.25, 0.3) is 5.91 Å². The van der Waals surface area contributed by atoms with Gasteiger partial charge in [0.15, 0.2) is 0 Å². The summed E-state index contributed by atoms with van der Waals surface area (Å²) in [6, 6.07) is -0.352. The minimum atomic E-state index is -0.941. The maximum absolute atomic E-state index is 12.0. The molecule has 0 aromatic heterocycles. The number of nitrogens with zero attached hydrogens (tertiary/aromatic N) is 1. The van der Waals surface area contributed by atoms with E-state index in [2.05, 4.69) is 23.2 Å². The van der Waals surface area contributed by atoms with Crippen LogP contribution < -0.4 is 10.6 Å². The second kappa shape index (κ2) is 5.53. The average molecular weight is 259 g/mol. The third-order valence-electron chi connectivity index (χ3n) is 2.29. The molecular weight excluding hydrogens is 244 g/mol. The van der Waals surface area contributed by atoms with Gasteiger partial charge in [-0.25, -0.2) is 4.79 Å². The lowest BCUT2D eigenvalue weighted by atomic mass is 10.5. The summed E-state index contributed by atoms with van der Waals surface area (Å²) in [6.07, 6.45) is 7.35. The zero-order chi connectivity index (χ0) is 12.2. The van der Waals surface area contributed by atoms with Gasteiger partial charge < -0.3 is 10.6 Å². The number of imide groups is 1. The molecule has 2 N–H and O–H groups in total. The van der Waals surface area contributed by atoms with Crippen molar-refractivity contribution in [2.24, 2.45) is 0 Å². The molecule has 0 bridgehead atoms. The molecule has 0 aromatic rings. The van der Waals surface area contributed by atoms with Gasteiger partial charge in [0.05, 0.1) is 0 Å². The van der Waals surface area contributed by atoms with E-state index in [1.807, 2.05) is 6.92 Å². The van der Waals surface area contributed by atoms with Gasteiger partial charge in [-0.1, -0.05) is 35.9 Å². The van der Waals surface area contributed by atoms with E-state index in [0.717, 1.165) is 6.54 Å². The van der Waals surface area contributed by atoms with Gasteiger partial charge in [-0.3, -0.25) is 9.69 Å². The van der Waals surface area contributed by atoms with Crippen LogP contribution in [0.4, 0.5) is 4.79 Å². The van der Waals surface area contributed by atoms with Gasteiger partial charge >= 0.3 is 6.03 Å². The van der Waals surface area contributed by atoms with Crippen LogP contribution in [0.5, 0.6) is 0 Å². The molecule has 1 saturated heterocycles. The van der Waals surface area contributed by atoms with E-state index >= 15 is 0 Å². The van der Waals surface area contributed by atoms with Crippen molar-refractivity contribution in [2.45, 2.75) is 11.9 Å². The molecular formula is C9H15N3O2P2. The predicted molar refractivity (Wildman–Crippen MR) is 69.6 cm³/mol. The lowest BCUT2D eigenvalue weighted by Gasteiger charge is -2.16. The van der Waals surface area contributed by atoms with Gasteiger partial charge in [0, 0.05) is 13.1 Å². The highest BCUT2D eigenvalue weighted by Gasteiger charge is 2.48. The second-order valence-corrected chi connectivity index (χ2v) is 5.56. The molecule has 1 fully saturated rings. The third-order valence-corrected chi connectivity index (χ3v) is 4.66. The fraction of sp³-hybridized carbons (Fsp3) is 0.556.